The van der Waals surface area contributed by atoms with Crippen molar-refractivity contribution in [1.29, 1.82) is 0 Å². The molecule has 2 aliphatic rings. The van der Waals surface area contributed by atoms with Crippen LogP contribution >= 0.6 is 0 Å². The number of fused-ring (bicyclic) bond motifs is 2. The van der Waals surface area contributed by atoms with Crippen molar-refractivity contribution in [3.8, 4) is 17.2 Å². The number of benzene rings is 2. The first-order chi connectivity index (χ1) is 14.5. The number of rotatable bonds is 7. The summed E-state index contributed by atoms with van der Waals surface area (Å²) in [6, 6.07) is 7.93. The van der Waals surface area contributed by atoms with Crippen LogP contribution in [-0.4, -0.2) is 43.3 Å². The van der Waals surface area contributed by atoms with Gasteiger partial charge in [0.25, 0.3) is 0 Å². The van der Waals surface area contributed by atoms with Gasteiger partial charge in [0.05, 0.1) is 13.7 Å². The molecule has 0 saturated heterocycles. The molecule has 1 N–H and O–H groups in total. The zero-order chi connectivity index (χ0) is 21.3. The molecule has 0 fully saturated rings. The second-order valence-electron chi connectivity index (χ2n) is 8.10. The summed E-state index contributed by atoms with van der Waals surface area (Å²) in [4.78, 5) is 15.1. The lowest BCUT2D eigenvalue weighted by atomic mass is 9.85. The number of hydrogen-bond donors (Lipinski definition) is 1. The first kappa shape index (κ1) is 20.7. The van der Waals surface area contributed by atoms with Crippen LogP contribution in [0.5, 0.6) is 17.2 Å². The van der Waals surface area contributed by atoms with Crippen molar-refractivity contribution < 1.29 is 24.1 Å². The molecule has 2 aromatic rings. The van der Waals surface area contributed by atoms with E-state index in [1.807, 2.05) is 38.2 Å². The number of ketones is 1. The molecule has 0 saturated carbocycles. The summed E-state index contributed by atoms with van der Waals surface area (Å²) in [6.45, 7) is 2.96. The van der Waals surface area contributed by atoms with Crippen LogP contribution in [0.2, 0.25) is 0 Å². The first-order valence-corrected chi connectivity index (χ1v) is 10.4. The molecule has 1 unspecified atom stereocenters. The van der Waals surface area contributed by atoms with E-state index in [0.29, 0.717) is 30.8 Å². The SMILES string of the molecule is COc1ccc(CCC(=O)CC2c3c(cc4c(c3CO)OCO4)CCN2C)c(C)c1. The van der Waals surface area contributed by atoms with Gasteiger partial charge in [0.15, 0.2) is 11.5 Å². The van der Waals surface area contributed by atoms with Gasteiger partial charge in [-0.15, -0.1) is 0 Å². The minimum absolute atomic E-state index is 0.0603. The summed E-state index contributed by atoms with van der Waals surface area (Å²) in [6.07, 6.45) is 2.49. The Kier molecular flexibility index (Phi) is 5.97. The summed E-state index contributed by atoms with van der Waals surface area (Å²) in [5.41, 5.74) is 5.24. The molecule has 30 heavy (non-hydrogen) atoms. The second-order valence-corrected chi connectivity index (χ2v) is 8.10. The Hall–Kier alpha value is -2.57. The number of carbonyl (C=O) groups excluding carboxylic acids is 1. The molecule has 0 amide bonds. The predicted molar refractivity (Wildman–Crippen MR) is 113 cm³/mol. The Balaban J connectivity index is 1.52. The molecule has 2 aliphatic heterocycles. The highest BCUT2D eigenvalue weighted by Crippen LogP contribution is 2.45. The van der Waals surface area contributed by atoms with E-state index in [2.05, 4.69) is 4.90 Å². The van der Waals surface area contributed by atoms with Gasteiger partial charge in [-0.05, 0) is 67.3 Å². The minimum Gasteiger partial charge on any atom is -0.497 e. The first-order valence-electron chi connectivity index (χ1n) is 10.4. The third kappa shape index (κ3) is 3.89. The summed E-state index contributed by atoms with van der Waals surface area (Å²) in [5, 5.41) is 10.1. The number of carbonyl (C=O) groups is 1. The molecule has 2 heterocycles. The summed E-state index contributed by atoms with van der Waals surface area (Å²) in [7, 11) is 3.70. The number of Topliss-reactive ketones (excluding diaryl/α,β-unsaturated/α-hetero) is 1. The lowest BCUT2D eigenvalue weighted by Crippen LogP contribution is -2.34. The number of hydrogen-bond acceptors (Lipinski definition) is 6. The van der Waals surface area contributed by atoms with E-state index in [4.69, 9.17) is 14.2 Å². The van der Waals surface area contributed by atoms with E-state index in [9.17, 15) is 9.90 Å². The monoisotopic (exact) mass is 411 g/mol. The topological polar surface area (TPSA) is 68.2 Å². The van der Waals surface area contributed by atoms with Crippen molar-refractivity contribution in [1.82, 2.24) is 4.90 Å². The Morgan fingerprint density at radius 1 is 1.30 bits per heavy atom. The molecular weight excluding hydrogens is 382 g/mol. The Morgan fingerprint density at radius 2 is 2.13 bits per heavy atom. The van der Waals surface area contributed by atoms with E-state index < -0.39 is 0 Å². The van der Waals surface area contributed by atoms with Crippen LogP contribution in [0.25, 0.3) is 0 Å². The number of aliphatic hydroxyl groups excluding tert-OH is 1. The molecule has 4 rings (SSSR count). The number of ether oxygens (including phenoxy) is 3. The minimum atomic E-state index is -0.127. The fraction of sp³-hybridized carbons (Fsp3) is 0.458. The van der Waals surface area contributed by atoms with Gasteiger partial charge in [0.1, 0.15) is 11.5 Å². The van der Waals surface area contributed by atoms with Gasteiger partial charge in [-0.25, -0.2) is 0 Å². The maximum atomic E-state index is 12.9. The third-order valence-electron chi connectivity index (χ3n) is 6.29. The van der Waals surface area contributed by atoms with E-state index in [1.54, 1.807) is 7.11 Å². The van der Waals surface area contributed by atoms with Crippen LogP contribution in [0.4, 0.5) is 0 Å². The summed E-state index contributed by atoms with van der Waals surface area (Å²) < 4.78 is 16.4. The standard InChI is InChI=1S/C24H29NO5/c1-15-10-19(28-3)7-5-16(15)4-6-18(27)12-21-23-17(8-9-25(21)2)11-22-24(20(23)13-26)30-14-29-22/h5,7,10-11,21,26H,4,6,8-9,12-14H2,1-3H3. The second kappa shape index (κ2) is 8.66. The fourth-order valence-corrected chi connectivity index (χ4v) is 4.56. The predicted octanol–water partition coefficient (Wildman–Crippen LogP) is 3.35. The summed E-state index contributed by atoms with van der Waals surface area (Å²) >= 11 is 0. The number of aryl methyl sites for hydroxylation is 2. The van der Waals surface area contributed by atoms with E-state index in [1.165, 1.54) is 5.56 Å². The van der Waals surface area contributed by atoms with Crippen molar-refractivity contribution in [2.45, 2.75) is 45.3 Å². The van der Waals surface area contributed by atoms with Crippen molar-refractivity contribution >= 4 is 5.78 Å². The Labute approximate surface area is 177 Å². The van der Waals surface area contributed by atoms with Gasteiger partial charge < -0.3 is 19.3 Å². The molecule has 0 radical (unpaired) electrons. The van der Waals surface area contributed by atoms with Crippen LogP contribution in [0.15, 0.2) is 24.3 Å². The molecular formula is C24H29NO5. The van der Waals surface area contributed by atoms with Crippen LogP contribution in [0.1, 0.15) is 46.7 Å². The average Bonchev–Trinajstić information content (AvgIpc) is 3.21. The Morgan fingerprint density at radius 3 is 2.87 bits per heavy atom. The third-order valence-corrected chi connectivity index (χ3v) is 6.29. The van der Waals surface area contributed by atoms with E-state index in [-0.39, 0.29) is 25.2 Å². The number of aliphatic hydroxyl groups is 1. The number of nitrogens with zero attached hydrogens (tertiary/aromatic N) is 1. The highest BCUT2D eigenvalue weighted by atomic mass is 16.7. The lowest BCUT2D eigenvalue weighted by Gasteiger charge is -2.36. The zero-order valence-corrected chi connectivity index (χ0v) is 17.9. The molecule has 0 spiro atoms. The molecule has 160 valence electrons. The quantitative estimate of drug-likeness (QED) is 0.754. The van der Waals surface area contributed by atoms with Gasteiger partial charge in [0.2, 0.25) is 6.79 Å². The van der Waals surface area contributed by atoms with Crippen LogP contribution < -0.4 is 14.2 Å². The molecule has 6 heteroatoms. The molecule has 0 aromatic heterocycles. The smallest absolute Gasteiger partial charge is 0.231 e. The molecule has 1 atom stereocenters. The number of likely N-dealkylation sites (N-methyl/N-ethyl adjacent to an activating group) is 1. The van der Waals surface area contributed by atoms with E-state index >= 15 is 0 Å². The fourth-order valence-electron chi connectivity index (χ4n) is 4.56. The van der Waals surface area contributed by atoms with Crippen molar-refractivity contribution in [2.24, 2.45) is 0 Å². The highest BCUT2D eigenvalue weighted by molar-refractivity contribution is 5.80. The lowest BCUT2D eigenvalue weighted by molar-refractivity contribution is -0.120. The van der Waals surface area contributed by atoms with Crippen LogP contribution in [0.3, 0.4) is 0 Å². The normalized spacial score (nSPS) is 17.7. The van der Waals surface area contributed by atoms with Gasteiger partial charge in [0, 0.05) is 31.0 Å². The van der Waals surface area contributed by atoms with E-state index in [0.717, 1.165) is 41.0 Å². The van der Waals surface area contributed by atoms with Gasteiger partial charge in [-0.1, -0.05) is 6.07 Å². The maximum absolute atomic E-state index is 12.9. The number of methoxy groups -OCH3 is 1. The molecule has 0 aliphatic carbocycles. The van der Waals surface area contributed by atoms with Gasteiger partial charge in [-0.2, -0.15) is 0 Å². The van der Waals surface area contributed by atoms with Crippen molar-refractivity contribution in [3.05, 3.63) is 52.1 Å². The highest BCUT2D eigenvalue weighted by Gasteiger charge is 2.33. The molecule has 0 bridgehead atoms. The van der Waals surface area contributed by atoms with Crippen LogP contribution in [-0.2, 0) is 24.2 Å². The van der Waals surface area contributed by atoms with Crippen molar-refractivity contribution in [3.63, 3.8) is 0 Å². The summed E-state index contributed by atoms with van der Waals surface area (Å²) in [5.74, 6) is 2.37. The average molecular weight is 411 g/mol. The molecule has 6 nitrogen and oxygen atoms in total. The maximum Gasteiger partial charge on any atom is 0.231 e. The zero-order valence-electron chi connectivity index (χ0n) is 17.9. The van der Waals surface area contributed by atoms with Gasteiger partial charge in [-0.3, -0.25) is 9.69 Å². The largest absolute Gasteiger partial charge is 0.497 e. The Bertz CT molecular complexity index is 955. The molecule has 2 aromatic carbocycles. The van der Waals surface area contributed by atoms with Crippen LogP contribution in [0, 0.1) is 6.92 Å². The van der Waals surface area contributed by atoms with Crippen molar-refractivity contribution in [2.75, 3.05) is 27.5 Å². The van der Waals surface area contributed by atoms with Gasteiger partial charge >= 0.3 is 0 Å².